The Hall–Kier alpha value is -2.01. The molecule has 0 aromatic heterocycles. The van der Waals surface area contributed by atoms with Crippen molar-refractivity contribution in [3.8, 4) is 18.4 Å². The van der Waals surface area contributed by atoms with Gasteiger partial charge in [-0.15, -0.1) is 6.42 Å². The topological polar surface area (TPSA) is 76.4 Å². The molecule has 104 valence electrons. The average Bonchev–Trinajstić information content (AvgIpc) is 2.41. The first-order valence-corrected chi connectivity index (χ1v) is 6.32. The molecule has 0 aromatic carbocycles. The van der Waals surface area contributed by atoms with Crippen LogP contribution in [-0.4, -0.2) is 25.2 Å². The number of hydrogen-bond acceptors (Lipinski definition) is 5. The van der Waals surface area contributed by atoms with Gasteiger partial charge in [-0.1, -0.05) is 12.3 Å². The zero-order chi connectivity index (χ0) is 14.3. The minimum atomic E-state index is -0.308. The van der Waals surface area contributed by atoms with E-state index in [0.29, 0.717) is 45.1 Å². The van der Waals surface area contributed by atoms with E-state index in [-0.39, 0.29) is 18.5 Å². The fourth-order valence-corrected chi connectivity index (χ4v) is 1.32. The van der Waals surface area contributed by atoms with Crippen LogP contribution >= 0.6 is 0 Å². The average molecular weight is 265 g/mol. The van der Waals surface area contributed by atoms with Crippen molar-refractivity contribution in [3.63, 3.8) is 0 Å². The molecule has 0 saturated carbocycles. The molecule has 0 unspecified atom stereocenters. The Bertz CT molecular complexity index is 351. The lowest BCUT2D eigenvalue weighted by Crippen LogP contribution is -2.06. The summed E-state index contributed by atoms with van der Waals surface area (Å²) in [5.41, 5.74) is 0. The van der Waals surface area contributed by atoms with E-state index in [1.165, 1.54) is 0 Å². The normalized spacial score (nSPS) is 9.16. The highest BCUT2D eigenvalue weighted by Crippen LogP contribution is 2.05. The summed E-state index contributed by atoms with van der Waals surface area (Å²) >= 11 is 0. The molecule has 0 aliphatic carbocycles. The predicted octanol–water partition coefficient (Wildman–Crippen LogP) is 1.96. The first-order valence-electron chi connectivity index (χ1n) is 6.32. The van der Waals surface area contributed by atoms with Crippen molar-refractivity contribution in [2.75, 3.05) is 13.2 Å². The largest absolute Gasteiger partial charge is 0.466 e. The minimum absolute atomic E-state index is 0.00779. The third-order valence-electron chi connectivity index (χ3n) is 2.27. The summed E-state index contributed by atoms with van der Waals surface area (Å²) < 4.78 is 9.62. The second-order valence-electron chi connectivity index (χ2n) is 3.91. The Labute approximate surface area is 113 Å². The lowest BCUT2D eigenvalue weighted by atomic mass is 10.1. The SMILES string of the molecule is C#CCOC(=O)CCCCCC(=O)OCCCC#N. The number of carbonyl (C=O) groups is 2. The van der Waals surface area contributed by atoms with Crippen LogP contribution in [0.3, 0.4) is 0 Å². The second kappa shape index (κ2) is 12.4. The Balaban J connectivity index is 3.34. The smallest absolute Gasteiger partial charge is 0.306 e. The summed E-state index contributed by atoms with van der Waals surface area (Å²) in [4.78, 5) is 22.3. The van der Waals surface area contributed by atoms with E-state index < -0.39 is 0 Å². The van der Waals surface area contributed by atoms with Crippen LogP contribution in [0.5, 0.6) is 0 Å². The van der Waals surface area contributed by atoms with Crippen LogP contribution in [0.4, 0.5) is 0 Å². The second-order valence-corrected chi connectivity index (χ2v) is 3.91. The molecule has 0 spiro atoms. The van der Waals surface area contributed by atoms with Crippen molar-refractivity contribution in [1.82, 2.24) is 0 Å². The standard InChI is InChI=1S/C14H19NO4/c1-2-11-18-13(16)8-4-3-5-9-14(17)19-12-7-6-10-15/h1H,3-9,11-12H2. The van der Waals surface area contributed by atoms with E-state index in [9.17, 15) is 9.59 Å². The number of hydrogen-bond donors (Lipinski definition) is 0. The summed E-state index contributed by atoms with van der Waals surface area (Å²) in [5, 5.41) is 8.29. The molecule has 5 nitrogen and oxygen atoms in total. The van der Waals surface area contributed by atoms with E-state index >= 15 is 0 Å². The van der Waals surface area contributed by atoms with Crippen molar-refractivity contribution in [2.24, 2.45) is 0 Å². The zero-order valence-electron chi connectivity index (χ0n) is 11.0. The van der Waals surface area contributed by atoms with E-state index in [1.807, 2.05) is 6.07 Å². The molecular weight excluding hydrogens is 246 g/mol. The summed E-state index contributed by atoms with van der Waals surface area (Å²) in [7, 11) is 0. The van der Waals surface area contributed by atoms with Gasteiger partial charge in [0.1, 0.15) is 0 Å². The van der Waals surface area contributed by atoms with Crippen molar-refractivity contribution in [1.29, 1.82) is 5.26 Å². The Kier molecular flexibility index (Phi) is 11.1. The number of nitrogens with zero attached hydrogens (tertiary/aromatic N) is 1. The molecule has 0 radical (unpaired) electrons. The van der Waals surface area contributed by atoms with Gasteiger partial charge < -0.3 is 9.47 Å². The molecule has 0 heterocycles. The molecule has 0 N–H and O–H groups in total. The van der Waals surface area contributed by atoms with Crippen molar-refractivity contribution in [3.05, 3.63) is 0 Å². The van der Waals surface area contributed by atoms with Crippen LogP contribution in [0.25, 0.3) is 0 Å². The molecule has 0 amide bonds. The van der Waals surface area contributed by atoms with Crippen LogP contribution in [0.15, 0.2) is 0 Å². The number of rotatable bonds is 10. The van der Waals surface area contributed by atoms with Crippen molar-refractivity contribution < 1.29 is 19.1 Å². The van der Waals surface area contributed by atoms with Gasteiger partial charge in [-0.25, -0.2) is 0 Å². The van der Waals surface area contributed by atoms with Gasteiger partial charge in [0, 0.05) is 19.3 Å². The van der Waals surface area contributed by atoms with E-state index in [0.717, 1.165) is 6.42 Å². The van der Waals surface area contributed by atoms with Crippen LogP contribution in [0.2, 0.25) is 0 Å². The maximum Gasteiger partial charge on any atom is 0.306 e. The molecule has 0 saturated heterocycles. The Morgan fingerprint density at radius 3 is 2.21 bits per heavy atom. The molecular formula is C14H19NO4. The minimum Gasteiger partial charge on any atom is -0.466 e. The highest BCUT2D eigenvalue weighted by molar-refractivity contribution is 5.70. The van der Waals surface area contributed by atoms with Crippen LogP contribution in [0, 0.1) is 23.7 Å². The van der Waals surface area contributed by atoms with Gasteiger partial charge in [-0.3, -0.25) is 9.59 Å². The van der Waals surface area contributed by atoms with Gasteiger partial charge in [0.2, 0.25) is 0 Å². The van der Waals surface area contributed by atoms with Gasteiger partial charge in [-0.2, -0.15) is 5.26 Å². The first kappa shape index (κ1) is 17.0. The summed E-state index contributed by atoms with van der Waals surface area (Å²) in [6.07, 6.45) is 8.69. The number of ether oxygens (including phenoxy) is 2. The molecule has 0 aromatic rings. The molecule has 5 heteroatoms. The van der Waals surface area contributed by atoms with Gasteiger partial charge in [-0.05, 0) is 19.3 Å². The number of esters is 2. The Morgan fingerprint density at radius 2 is 1.63 bits per heavy atom. The molecule has 0 bridgehead atoms. The predicted molar refractivity (Wildman–Crippen MR) is 68.7 cm³/mol. The highest BCUT2D eigenvalue weighted by Gasteiger charge is 2.04. The van der Waals surface area contributed by atoms with Gasteiger partial charge in [0.25, 0.3) is 0 Å². The fourth-order valence-electron chi connectivity index (χ4n) is 1.32. The highest BCUT2D eigenvalue weighted by atomic mass is 16.5. The van der Waals surface area contributed by atoms with Gasteiger partial charge in [0.15, 0.2) is 6.61 Å². The van der Waals surface area contributed by atoms with E-state index in [1.54, 1.807) is 0 Å². The third kappa shape index (κ3) is 12.2. The van der Waals surface area contributed by atoms with Crippen molar-refractivity contribution >= 4 is 11.9 Å². The molecule has 0 atom stereocenters. The number of carbonyl (C=O) groups excluding carboxylic acids is 2. The van der Waals surface area contributed by atoms with E-state index in [2.05, 4.69) is 5.92 Å². The molecule has 0 fully saturated rings. The maximum absolute atomic E-state index is 11.2. The molecule has 0 aliphatic heterocycles. The quantitative estimate of drug-likeness (QED) is 0.343. The fraction of sp³-hybridized carbons (Fsp3) is 0.643. The summed E-state index contributed by atoms with van der Waals surface area (Å²) in [6.45, 7) is 0.304. The maximum atomic E-state index is 11.2. The first-order chi connectivity index (χ1) is 9.20. The number of nitriles is 1. The third-order valence-corrected chi connectivity index (χ3v) is 2.27. The lowest BCUT2D eigenvalue weighted by molar-refractivity contribution is -0.143. The zero-order valence-corrected chi connectivity index (χ0v) is 11.0. The van der Waals surface area contributed by atoms with Crippen molar-refractivity contribution in [2.45, 2.75) is 44.9 Å². The van der Waals surface area contributed by atoms with Crippen LogP contribution in [0.1, 0.15) is 44.9 Å². The molecule has 19 heavy (non-hydrogen) atoms. The van der Waals surface area contributed by atoms with Gasteiger partial charge >= 0.3 is 11.9 Å². The van der Waals surface area contributed by atoms with Gasteiger partial charge in [0.05, 0.1) is 12.7 Å². The number of unbranched alkanes of at least 4 members (excludes halogenated alkanes) is 3. The lowest BCUT2D eigenvalue weighted by Gasteiger charge is -2.03. The summed E-state index contributed by atoms with van der Waals surface area (Å²) in [6, 6.07) is 1.98. The number of terminal acetylenes is 1. The van der Waals surface area contributed by atoms with E-state index in [4.69, 9.17) is 21.2 Å². The van der Waals surface area contributed by atoms with Crippen LogP contribution < -0.4 is 0 Å². The molecule has 0 rings (SSSR count). The summed E-state index contributed by atoms with van der Waals surface area (Å²) in [5.74, 6) is 1.65. The Morgan fingerprint density at radius 1 is 1.00 bits per heavy atom. The monoisotopic (exact) mass is 265 g/mol. The molecule has 0 aliphatic rings. The van der Waals surface area contributed by atoms with Crippen LogP contribution in [-0.2, 0) is 19.1 Å².